The lowest BCUT2D eigenvalue weighted by Crippen LogP contribution is -2.35. The molecule has 0 bridgehead atoms. The van der Waals surface area contributed by atoms with Crippen LogP contribution in [0.3, 0.4) is 0 Å². The Balaban J connectivity index is 1.84. The number of carbonyl (C=O) groups is 1. The third kappa shape index (κ3) is 4.20. The molecule has 1 unspecified atom stereocenters. The van der Waals surface area contributed by atoms with Crippen molar-refractivity contribution in [1.82, 2.24) is 19.3 Å². The highest BCUT2D eigenvalue weighted by Gasteiger charge is 2.60. The Morgan fingerprint density at radius 3 is 2.45 bits per heavy atom. The van der Waals surface area contributed by atoms with Crippen LogP contribution in [-0.2, 0) is 10.7 Å². The molecule has 0 saturated carbocycles. The van der Waals surface area contributed by atoms with Crippen molar-refractivity contribution < 1.29 is 31.5 Å². The van der Waals surface area contributed by atoms with Gasteiger partial charge in [-0.15, -0.1) is 0 Å². The quantitative estimate of drug-likeness (QED) is 0.460. The summed E-state index contributed by atoms with van der Waals surface area (Å²) in [5.74, 6) is -5.61. The molecule has 1 fully saturated rings. The normalized spacial score (nSPS) is 17.8. The van der Waals surface area contributed by atoms with E-state index in [1.54, 1.807) is 39.8 Å². The highest BCUT2D eigenvalue weighted by atomic mass is 19.4. The number of fused-ring (bicyclic) bond motifs is 3. The lowest BCUT2D eigenvalue weighted by molar-refractivity contribution is -0.290. The van der Waals surface area contributed by atoms with Crippen molar-refractivity contribution in [3.63, 3.8) is 0 Å². The summed E-state index contributed by atoms with van der Waals surface area (Å²) in [5, 5.41) is 0.428. The van der Waals surface area contributed by atoms with Gasteiger partial charge in [0.1, 0.15) is 22.6 Å². The van der Waals surface area contributed by atoms with Gasteiger partial charge >= 0.3 is 18.2 Å². The average Bonchev–Trinajstić information content (AvgIpc) is 3.31. The number of halogens is 5. The topological polar surface area (TPSA) is 59.7 Å². The minimum absolute atomic E-state index is 0.0414. The standard InChI is InChI=1S/C22H23F5N4O2/c1-12-10-31-17(28-12)6-5-14-15(9-16(29-18(14)31)21(23,24)22(25,26)27)13-7-8-30(11-13)19(32)33-20(2,3)4/h5-6,9-10,13H,7-8,11H2,1-4H3. The van der Waals surface area contributed by atoms with Gasteiger partial charge in [-0.25, -0.2) is 14.8 Å². The van der Waals surface area contributed by atoms with Crippen LogP contribution in [-0.4, -0.2) is 50.2 Å². The van der Waals surface area contributed by atoms with Gasteiger partial charge in [0, 0.05) is 30.6 Å². The van der Waals surface area contributed by atoms with Gasteiger partial charge in [-0.2, -0.15) is 22.0 Å². The molecule has 1 saturated heterocycles. The number of amides is 1. The number of carbonyl (C=O) groups excluding carboxylic acids is 1. The molecule has 11 heteroatoms. The SMILES string of the molecule is Cc1cn2c(ccc3c(C4CCN(C(=O)OC(C)(C)C)C4)cc(C(F)(F)C(F)(F)F)nc32)n1. The Hall–Kier alpha value is -2.98. The zero-order chi connectivity index (χ0) is 24.3. The number of imidazole rings is 1. The summed E-state index contributed by atoms with van der Waals surface area (Å²) < 4.78 is 75.1. The highest BCUT2D eigenvalue weighted by molar-refractivity contribution is 5.83. The highest BCUT2D eigenvalue weighted by Crippen LogP contribution is 2.45. The molecule has 0 aliphatic carbocycles. The first kappa shape index (κ1) is 23.2. The molecule has 178 valence electrons. The van der Waals surface area contributed by atoms with Gasteiger partial charge in [0.25, 0.3) is 0 Å². The molecule has 1 aliphatic heterocycles. The van der Waals surface area contributed by atoms with Crippen LogP contribution in [0.5, 0.6) is 0 Å². The van der Waals surface area contributed by atoms with Crippen molar-refractivity contribution in [1.29, 1.82) is 0 Å². The molecule has 4 heterocycles. The maximum atomic E-state index is 14.4. The second kappa shape index (κ2) is 7.53. The third-order valence-corrected chi connectivity index (χ3v) is 5.51. The summed E-state index contributed by atoms with van der Waals surface area (Å²) in [4.78, 5) is 21.9. The van der Waals surface area contributed by atoms with Crippen molar-refractivity contribution in [2.45, 2.75) is 57.7 Å². The Morgan fingerprint density at radius 2 is 1.82 bits per heavy atom. The molecule has 0 spiro atoms. The number of ether oxygens (including phenoxy) is 1. The first-order chi connectivity index (χ1) is 15.2. The lowest BCUT2D eigenvalue weighted by Gasteiger charge is -2.25. The first-order valence-corrected chi connectivity index (χ1v) is 10.4. The number of aromatic nitrogens is 3. The molecule has 33 heavy (non-hydrogen) atoms. The fourth-order valence-electron chi connectivity index (χ4n) is 4.03. The van der Waals surface area contributed by atoms with E-state index in [9.17, 15) is 26.7 Å². The summed E-state index contributed by atoms with van der Waals surface area (Å²) in [7, 11) is 0. The van der Waals surface area contributed by atoms with Gasteiger partial charge in [0.05, 0.1) is 5.69 Å². The number of hydrogen-bond donors (Lipinski definition) is 0. The Labute approximate surface area is 186 Å². The monoisotopic (exact) mass is 470 g/mol. The summed E-state index contributed by atoms with van der Waals surface area (Å²) >= 11 is 0. The molecule has 6 nitrogen and oxygen atoms in total. The van der Waals surface area contributed by atoms with Crippen LogP contribution >= 0.6 is 0 Å². The van der Waals surface area contributed by atoms with Crippen LogP contribution < -0.4 is 0 Å². The second-order valence-electron chi connectivity index (χ2n) is 9.26. The van der Waals surface area contributed by atoms with Crippen LogP contribution in [0, 0.1) is 6.92 Å². The predicted octanol–water partition coefficient (Wildman–Crippen LogP) is 5.57. The van der Waals surface area contributed by atoms with E-state index in [0.717, 1.165) is 6.07 Å². The number of pyridine rings is 2. The minimum Gasteiger partial charge on any atom is -0.444 e. The van der Waals surface area contributed by atoms with E-state index in [-0.39, 0.29) is 17.8 Å². The van der Waals surface area contributed by atoms with E-state index in [0.29, 0.717) is 29.7 Å². The predicted molar refractivity (Wildman–Crippen MR) is 110 cm³/mol. The van der Waals surface area contributed by atoms with Gasteiger partial charge in [-0.3, -0.25) is 4.40 Å². The van der Waals surface area contributed by atoms with E-state index >= 15 is 0 Å². The third-order valence-electron chi connectivity index (χ3n) is 5.51. The van der Waals surface area contributed by atoms with E-state index in [2.05, 4.69) is 9.97 Å². The molecule has 3 aromatic rings. The van der Waals surface area contributed by atoms with Crippen molar-refractivity contribution in [2.24, 2.45) is 0 Å². The Morgan fingerprint density at radius 1 is 1.12 bits per heavy atom. The van der Waals surface area contributed by atoms with Gasteiger partial charge in [0.15, 0.2) is 0 Å². The molecule has 0 radical (unpaired) electrons. The van der Waals surface area contributed by atoms with Crippen molar-refractivity contribution in [2.75, 3.05) is 13.1 Å². The van der Waals surface area contributed by atoms with Gasteiger partial charge in [-0.1, -0.05) is 0 Å². The molecule has 1 atom stereocenters. The van der Waals surface area contributed by atoms with Crippen molar-refractivity contribution in [3.05, 3.63) is 41.3 Å². The smallest absolute Gasteiger partial charge is 0.444 e. The molecule has 4 rings (SSSR count). The number of likely N-dealkylation sites (tertiary alicyclic amines) is 1. The van der Waals surface area contributed by atoms with Crippen LogP contribution in [0.2, 0.25) is 0 Å². The van der Waals surface area contributed by atoms with Crippen LogP contribution in [0.4, 0.5) is 26.7 Å². The van der Waals surface area contributed by atoms with Crippen molar-refractivity contribution in [3.8, 4) is 0 Å². The Kier molecular flexibility index (Phi) is 5.29. The number of hydrogen-bond acceptors (Lipinski definition) is 4. The number of aryl methyl sites for hydroxylation is 1. The molecule has 0 N–H and O–H groups in total. The summed E-state index contributed by atoms with van der Waals surface area (Å²) in [6.07, 6.45) is -4.44. The maximum absolute atomic E-state index is 14.4. The minimum atomic E-state index is -5.80. The zero-order valence-corrected chi connectivity index (χ0v) is 18.5. The number of nitrogens with zero attached hydrogens (tertiary/aromatic N) is 4. The van der Waals surface area contributed by atoms with E-state index < -0.39 is 35.4 Å². The molecule has 3 aromatic heterocycles. The number of rotatable bonds is 2. The van der Waals surface area contributed by atoms with E-state index in [1.165, 1.54) is 15.5 Å². The Bertz CT molecular complexity index is 1230. The molecular weight excluding hydrogens is 447 g/mol. The van der Waals surface area contributed by atoms with Crippen molar-refractivity contribution >= 4 is 22.8 Å². The molecule has 0 aromatic carbocycles. The summed E-state index contributed by atoms with van der Waals surface area (Å²) in [5.41, 5.74) is -0.917. The summed E-state index contributed by atoms with van der Waals surface area (Å²) in [6.45, 7) is 7.27. The van der Waals surface area contributed by atoms with Gasteiger partial charge in [-0.05, 0) is 57.9 Å². The maximum Gasteiger partial charge on any atom is 0.459 e. The summed E-state index contributed by atoms with van der Waals surface area (Å²) in [6, 6.07) is 4.09. The molecule has 1 aliphatic rings. The number of alkyl halides is 5. The fraction of sp³-hybridized carbons (Fsp3) is 0.500. The molecule has 1 amide bonds. The van der Waals surface area contributed by atoms with Gasteiger partial charge in [0.2, 0.25) is 0 Å². The zero-order valence-electron chi connectivity index (χ0n) is 18.5. The van der Waals surface area contributed by atoms with E-state index in [1.807, 2.05) is 0 Å². The van der Waals surface area contributed by atoms with Crippen LogP contribution in [0.15, 0.2) is 24.4 Å². The first-order valence-electron chi connectivity index (χ1n) is 10.4. The van der Waals surface area contributed by atoms with E-state index in [4.69, 9.17) is 4.74 Å². The average molecular weight is 470 g/mol. The fourth-order valence-corrected chi connectivity index (χ4v) is 4.03. The second-order valence-corrected chi connectivity index (χ2v) is 9.26. The molecular formula is C22H23F5N4O2. The van der Waals surface area contributed by atoms with Gasteiger partial charge < -0.3 is 9.64 Å². The van der Waals surface area contributed by atoms with Crippen LogP contribution in [0.1, 0.15) is 50.1 Å². The largest absolute Gasteiger partial charge is 0.459 e. The lowest BCUT2D eigenvalue weighted by atomic mass is 9.94. The van der Waals surface area contributed by atoms with Crippen LogP contribution in [0.25, 0.3) is 16.7 Å².